The number of nitrogens with zero attached hydrogens (tertiary/aromatic N) is 2. The Morgan fingerprint density at radius 2 is 1.22 bits per heavy atom. The minimum Gasteiger partial charge on any atom is -0.426 e. The topological polar surface area (TPSA) is 77.3 Å². The highest BCUT2D eigenvalue weighted by molar-refractivity contribution is 5.96. The molecule has 0 saturated carbocycles. The summed E-state index contributed by atoms with van der Waals surface area (Å²) in [7, 11) is 0. The number of ether oxygens (including phenoxy) is 2. The molecule has 2 aromatic rings. The van der Waals surface area contributed by atoms with Crippen molar-refractivity contribution in [2.24, 2.45) is 68.2 Å². The lowest BCUT2D eigenvalue weighted by Gasteiger charge is -2.58. The second kappa shape index (κ2) is 21.4. The average molecular weight is 897 g/mol. The number of allylic oxidation sites excluding steroid dienone is 16. The van der Waals surface area contributed by atoms with Crippen LogP contribution in [0.4, 0.5) is 0 Å². The van der Waals surface area contributed by atoms with Gasteiger partial charge in [0.25, 0.3) is 0 Å². The summed E-state index contributed by atoms with van der Waals surface area (Å²) < 4.78 is 12.5. The van der Waals surface area contributed by atoms with Crippen molar-refractivity contribution in [3.8, 4) is 11.5 Å². The first-order chi connectivity index (χ1) is 32.1. The molecule has 10 atom stereocenters. The highest BCUT2D eigenvalue weighted by Gasteiger charge is 2.57. The molecule has 350 valence electrons. The van der Waals surface area contributed by atoms with Gasteiger partial charge >= 0.3 is 11.9 Å². The molecule has 6 heteroatoms. The van der Waals surface area contributed by atoms with E-state index < -0.39 is 22.7 Å². The van der Waals surface area contributed by atoms with Gasteiger partial charge in [-0.2, -0.15) is 0 Å². The van der Waals surface area contributed by atoms with Crippen molar-refractivity contribution < 1.29 is 19.1 Å². The summed E-state index contributed by atoms with van der Waals surface area (Å²) in [6.07, 6.45) is 32.2. The number of para-hydroxylation sites is 2. The molecule has 0 amide bonds. The van der Waals surface area contributed by atoms with Crippen LogP contribution in [0.2, 0.25) is 0 Å². The number of aliphatic imine (C=N–C) groups is 2. The van der Waals surface area contributed by atoms with Gasteiger partial charge in [-0.1, -0.05) is 157 Å². The lowest BCUT2D eigenvalue weighted by Crippen LogP contribution is -2.52. The Kier molecular flexibility index (Phi) is 15.7. The molecule has 0 radical (unpaired) electrons. The van der Waals surface area contributed by atoms with Crippen LogP contribution in [0.3, 0.4) is 0 Å². The van der Waals surface area contributed by atoms with Gasteiger partial charge in [-0.25, -0.2) is 0 Å². The number of hydrogen-bond donors (Lipinski definition) is 0. The number of fused-ring (bicyclic) bond motifs is 7. The molecule has 2 aliphatic heterocycles. The van der Waals surface area contributed by atoms with Crippen molar-refractivity contribution >= 4 is 23.4 Å². The highest BCUT2D eigenvalue weighted by Crippen LogP contribution is 2.63. The van der Waals surface area contributed by atoms with Crippen LogP contribution in [0.15, 0.2) is 190 Å². The first-order valence-corrected chi connectivity index (χ1v) is 24.7. The molecule has 0 saturated heterocycles. The van der Waals surface area contributed by atoms with E-state index in [4.69, 9.17) is 19.5 Å². The number of esters is 2. The summed E-state index contributed by atoms with van der Waals surface area (Å²) in [4.78, 5) is 39.6. The van der Waals surface area contributed by atoms with Gasteiger partial charge in [0.1, 0.15) is 11.5 Å². The summed E-state index contributed by atoms with van der Waals surface area (Å²) in [5, 5.41) is 0. The van der Waals surface area contributed by atoms with E-state index >= 15 is 0 Å². The zero-order valence-corrected chi connectivity index (χ0v) is 41.2. The summed E-state index contributed by atoms with van der Waals surface area (Å²) >= 11 is 0. The van der Waals surface area contributed by atoms with Gasteiger partial charge in [0.15, 0.2) is 0 Å². The van der Waals surface area contributed by atoms with Crippen LogP contribution >= 0.6 is 0 Å². The van der Waals surface area contributed by atoms with E-state index in [2.05, 4.69) is 135 Å². The van der Waals surface area contributed by atoms with E-state index in [1.807, 2.05) is 67.6 Å². The molecule has 3 aliphatic carbocycles. The molecule has 5 aliphatic rings. The number of carbonyl (C=O) groups is 2. The van der Waals surface area contributed by atoms with E-state index in [1.54, 1.807) is 0 Å². The first-order valence-electron chi connectivity index (χ1n) is 24.7. The number of hydrogen-bond acceptors (Lipinski definition) is 6. The predicted molar refractivity (Wildman–Crippen MR) is 277 cm³/mol. The Morgan fingerprint density at radius 3 is 1.84 bits per heavy atom. The Bertz CT molecular complexity index is 2510. The second-order valence-corrected chi connectivity index (χ2v) is 20.3. The average Bonchev–Trinajstić information content (AvgIpc) is 3.38. The van der Waals surface area contributed by atoms with Crippen LogP contribution in [0, 0.1) is 58.2 Å². The zero-order valence-electron chi connectivity index (χ0n) is 41.2. The SMILES string of the molecule is C=C1/N=C(CC)/C=C\[C@H](C)[C@@](CC(C)C(=O)Oc2ccccc2)(C[C@@]2(CC(C)C(=O)Oc3ccccc3)C(C)/C=C\C(C)=N\C(=C)/C3=C/C(C)=C/C=C\[C@H](C)C2C3)C2CC1=CC1=CC=C[C@@H]2C1. The van der Waals surface area contributed by atoms with Gasteiger partial charge in [0.05, 0.1) is 23.2 Å². The highest BCUT2D eigenvalue weighted by atomic mass is 16.5. The van der Waals surface area contributed by atoms with Crippen LogP contribution in [0.25, 0.3) is 0 Å². The van der Waals surface area contributed by atoms with Crippen molar-refractivity contribution in [3.63, 3.8) is 0 Å². The monoisotopic (exact) mass is 897 g/mol. The summed E-state index contributed by atoms with van der Waals surface area (Å²) in [6, 6.07) is 18.9. The molecule has 5 unspecified atom stereocenters. The van der Waals surface area contributed by atoms with E-state index in [0.29, 0.717) is 37.2 Å². The molecule has 7 rings (SSSR count). The summed E-state index contributed by atoms with van der Waals surface area (Å²) in [6.45, 7) is 26.8. The molecule has 0 fully saturated rings. The third kappa shape index (κ3) is 11.3. The Hall–Kier alpha value is -5.88. The number of benzene rings is 2. The van der Waals surface area contributed by atoms with E-state index in [1.165, 1.54) is 5.57 Å². The lowest BCUT2D eigenvalue weighted by atomic mass is 9.46. The normalized spacial score (nSPS) is 34.0. The van der Waals surface area contributed by atoms with E-state index in [0.717, 1.165) is 58.8 Å². The second-order valence-electron chi connectivity index (χ2n) is 20.3. The van der Waals surface area contributed by atoms with Gasteiger partial charge in [-0.05, 0) is 158 Å². The van der Waals surface area contributed by atoms with Crippen molar-refractivity contribution in [1.82, 2.24) is 0 Å². The maximum atomic E-state index is 14.7. The number of carbonyl (C=O) groups excluding carboxylic acids is 2. The largest absolute Gasteiger partial charge is 0.426 e. The lowest BCUT2D eigenvalue weighted by molar-refractivity contribution is -0.143. The fraction of sp³-hybridized carbons (Fsp3) is 0.410. The van der Waals surface area contributed by atoms with Crippen LogP contribution in [0.5, 0.6) is 11.5 Å². The molecule has 2 heterocycles. The zero-order chi connectivity index (χ0) is 47.9. The summed E-state index contributed by atoms with van der Waals surface area (Å²) in [5.74, 6) is -0.173. The molecule has 67 heavy (non-hydrogen) atoms. The van der Waals surface area contributed by atoms with Crippen molar-refractivity contribution in [2.45, 2.75) is 100 Å². The van der Waals surface area contributed by atoms with Gasteiger partial charge in [-0.15, -0.1) is 0 Å². The van der Waals surface area contributed by atoms with Crippen LogP contribution in [0.1, 0.15) is 100 Å². The van der Waals surface area contributed by atoms with Gasteiger partial charge in [0.2, 0.25) is 0 Å². The minimum atomic E-state index is -0.564. The minimum absolute atomic E-state index is 0.00203. The third-order valence-electron chi connectivity index (χ3n) is 15.7. The molecular weight excluding hydrogens is 825 g/mol. The predicted octanol–water partition coefficient (Wildman–Crippen LogP) is 14.9. The Morgan fingerprint density at radius 1 is 0.687 bits per heavy atom. The quantitative estimate of drug-likeness (QED) is 0.166. The third-order valence-corrected chi connectivity index (χ3v) is 15.7. The summed E-state index contributed by atoms with van der Waals surface area (Å²) in [5.41, 5.74) is 6.94. The van der Waals surface area contributed by atoms with Crippen molar-refractivity contribution in [2.75, 3.05) is 0 Å². The molecule has 6 nitrogen and oxygen atoms in total. The molecule has 6 bridgehead atoms. The van der Waals surface area contributed by atoms with E-state index in [9.17, 15) is 9.59 Å². The van der Waals surface area contributed by atoms with Crippen LogP contribution in [-0.2, 0) is 9.59 Å². The molecule has 2 aromatic carbocycles. The fourth-order valence-corrected chi connectivity index (χ4v) is 12.0. The Balaban J connectivity index is 1.52. The molecule has 0 spiro atoms. The molecular formula is C61H72N2O4. The van der Waals surface area contributed by atoms with E-state index in [-0.39, 0.29) is 47.4 Å². The smallest absolute Gasteiger partial charge is 0.314 e. The first kappa shape index (κ1) is 49.0. The van der Waals surface area contributed by atoms with Crippen LogP contribution < -0.4 is 9.47 Å². The molecule has 0 N–H and O–H groups in total. The maximum Gasteiger partial charge on any atom is 0.314 e. The maximum absolute atomic E-state index is 14.7. The van der Waals surface area contributed by atoms with Gasteiger partial charge in [0, 0.05) is 11.4 Å². The van der Waals surface area contributed by atoms with Gasteiger partial charge in [-0.3, -0.25) is 19.6 Å². The van der Waals surface area contributed by atoms with Gasteiger partial charge < -0.3 is 9.47 Å². The van der Waals surface area contributed by atoms with Crippen molar-refractivity contribution in [3.05, 3.63) is 180 Å². The molecule has 0 aromatic heterocycles. The van der Waals surface area contributed by atoms with Crippen LogP contribution in [-0.4, -0.2) is 23.4 Å². The standard InChI is InChI=1S/C61H72N2O4/c1-11-53-31-29-45(7)61(38-43(5)59(65)67-55-26-16-13-17-27-55,57-36-52(48(10)63-53)34-49-22-19-23-50(57)33-49)39-60(37-42(4)58(64)66-54-24-14-12-15-25-54)44(6)28-30-46(8)62-47(9)51-32-40(2)20-18-21-41(3)56(60)35-51/h12-32,34,41-45,50,56-57H,9-11,33,35-39H2,1-8H3/b21-18-,30-28-,31-29-,40-20+,51-32+,62-46+,63-53+/t41-,42?,43?,44?,45-,50+,56?,57?,60-,61+/m0/s1. The Labute approximate surface area is 401 Å². The fourth-order valence-electron chi connectivity index (χ4n) is 12.0. The van der Waals surface area contributed by atoms with Crippen molar-refractivity contribution in [1.29, 1.82) is 0 Å². The number of rotatable bonds is 11.